The van der Waals surface area contributed by atoms with Crippen LogP contribution in [0.4, 0.5) is 5.69 Å². The number of rotatable bonds is 7. The van der Waals surface area contributed by atoms with Crippen LogP contribution in [0.25, 0.3) is 0 Å². The molecule has 26 heavy (non-hydrogen) atoms. The Morgan fingerprint density at radius 2 is 1.77 bits per heavy atom. The van der Waals surface area contributed by atoms with Crippen molar-refractivity contribution in [2.75, 3.05) is 18.5 Å². The highest BCUT2D eigenvalue weighted by Crippen LogP contribution is 2.23. The minimum atomic E-state index is -0.381. The van der Waals surface area contributed by atoms with Crippen molar-refractivity contribution in [1.82, 2.24) is 0 Å². The third-order valence-electron chi connectivity index (χ3n) is 3.91. The molecule has 0 bridgehead atoms. The zero-order chi connectivity index (χ0) is 19.1. The molecule has 1 amide bonds. The molecule has 0 aliphatic carbocycles. The van der Waals surface area contributed by atoms with Gasteiger partial charge in [-0.1, -0.05) is 19.9 Å². The van der Waals surface area contributed by atoms with Crippen molar-refractivity contribution in [1.29, 1.82) is 0 Å². The van der Waals surface area contributed by atoms with E-state index in [-0.39, 0.29) is 18.5 Å². The first kappa shape index (κ1) is 19.5. The first-order chi connectivity index (χ1) is 12.4. The molecule has 0 atom stereocenters. The van der Waals surface area contributed by atoms with E-state index in [1.807, 2.05) is 25.1 Å². The van der Waals surface area contributed by atoms with Gasteiger partial charge in [-0.2, -0.15) is 0 Å². The van der Waals surface area contributed by atoms with Crippen LogP contribution in [-0.4, -0.2) is 25.1 Å². The van der Waals surface area contributed by atoms with E-state index in [1.165, 1.54) is 5.56 Å². The molecule has 0 fully saturated rings. The molecule has 2 aromatic rings. The summed E-state index contributed by atoms with van der Waals surface area (Å²) >= 11 is 0. The quantitative estimate of drug-likeness (QED) is 0.752. The van der Waals surface area contributed by atoms with Crippen LogP contribution >= 0.6 is 0 Å². The summed E-state index contributed by atoms with van der Waals surface area (Å²) in [5.74, 6) is 0.470. The number of aryl methyl sites for hydroxylation is 1. The second-order valence-corrected chi connectivity index (χ2v) is 6.31. The van der Waals surface area contributed by atoms with E-state index in [9.17, 15) is 9.59 Å². The molecule has 1 N–H and O–H groups in total. The van der Waals surface area contributed by atoms with Gasteiger partial charge in [-0.15, -0.1) is 0 Å². The summed E-state index contributed by atoms with van der Waals surface area (Å²) in [7, 11) is 0. The van der Waals surface area contributed by atoms with E-state index in [0.717, 1.165) is 5.56 Å². The van der Waals surface area contributed by atoms with Crippen molar-refractivity contribution in [2.24, 2.45) is 0 Å². The van der Waals surface area contributed by atoms with Crippen molar-refractivity contribution < 1.29 is 19.1 Å². The molecule has 0 saturated heterocycles. The van der Waals surface area contributed by atoms with Gasteiger partial charge in [0.2, 0.25) is 0 Å². The number of benzene rings is 2. The lowest BCUT2D eigenvalue weighted by Crippen LogP contribution is -2.20. The molecule has 2 aromatic carbocycles. The van der Waals surface area contributed by atoms with Crippen LogP contribution in [0.2, 0.25) is 0 Å². The van der Waals surface area contributed by atoms with E-state index in [4.69, 9.17) is 9.47 Å². The van der Waals surface area contributed by atoms with Gasteiger partial charge in [0.1, 0.15) is 5.75 Å². The average Bonchev–Trinajstić information content (AvgIpc) is 2.60. The van der Waals surface area contributed by atoms with E-state index < -0.39 is 0 Å². The van der Waals surface area contributed by atoms with Crippen molar-refractivity contribution in [2.45, 2.75) is 33.6 Å². The van der Waals surface area contributed by atoms with Crippen molar-refractivity contribution in [3.8, 4) is 5.75 Å². The zero-order valence-electron chi connectivity index (χ0n) is 15.7. The molecule has 138 valence electrons. The fourth-order valence-electron chi connectivity index (χ4n) is 2.64. The second-order valence-electron chi connectivity index (χ2n) is 6.31. The molecule has 0 spiro atoms. The Balaban J connectivity index is 1.89. The van der Waals surface area contributed by atoms with Crippen LogP contribution in [0.1, 0.15) is 48.2 Å². The standard InChI is InChI=1S/C21H25NO4/c1-5-25-21(24)16-6-8-17(9-7-16)22-20(23)13-26-18-10-11-19(14(2)3)15(4)12-18/h6-12,14H,5,13H2,1-4H3,(H,22,23). The Morgan fingerprint density at radius 3 is 2.35 bits per heavy atom. The molecule has 0 saturated carbocycles. The first-order valence-corrected chi connectivity index (χ1v) is 8.71. The number of ether oxygens (including phenoxy) is 2. The predicted octanol–water partition coefficient (Wildman–Crippen LogP) is 4.31. The number of anilines is 1. The van der Waals surface area contributed by atoms with Gasteiger partial charge < -0.3 is 14.8 Å². The highest BCUT2D eigenvalue weighted by atomic mass is 16.5. The van der Waals surface area contributed by atoms with Crippen LogP contribution in [0.5, 0.6) is 5.75 Å². The fraction of sp³-hybridized carbons (Fsp3) is 0.333. The lowest BCUT2D eigenvalue weighted by molar-refractivity contribution is -0.118. The van der Waals surface area contributed by atoms with Gasteiger partial charge in [-0.05, 0) is 67.3 Å². The van der Waals surface area contributed by atoms with Gasteiger partial charge >= 0.3 is 5.97 Å². The molecule has 0 aliphatic rings. The van der Waals surface area contributed by atoms with Gasteiger partial charge in [0, 0.05) is 5.69 Å². The van der Waals surface area contributed by atoms with Crippen LogP contribution < -0.4 is 10.1 Å². The molecule has 0 aliphatic heterocycles. The highest BCUT2D eigenvalue weighted by Gasteiger charge is 2.09. The van der Waals surface area contributed by atoms with Gasteiger partial charge in [-0.25, -0.2) is 4.79 Å². The fourth-order valence-corrected chi connectivity index (χ4v) is 2.64. The lowest BCUT2D eigenvalue weighted by atomic mass is 9.98. The summed E-state index contributed by atoms with van der Waals surface area (Å²) in [4.78, 5) is 23.6. The minimum Gasteiger partial charge on any atom is -0.484 e. The number of carbonyl (C=O) groups is 2. The van der Waals surface area contributed by atoms with Crippen molar-refractivity contribution in [3.05, 3.63) is 59.2 Å². The van der Waals surface area contributed by atoms with Crippen LogP contribution in [0.3, 0.4) is 0 Å². The maximum atomic E-state index is 12.0. The Hall–Kier alpha value is -2.82. The van der Waals surface area contributed by atoms with Crippen LogP contribution in [0, 0.1) is 6.92 Å². The molecule has 0 aromatic heterocycles. The van der Waals surface area contributed by atoms with Crippen molar-refractivity contribution in [3.63, 3.8) is 0 Å². The third-order valence-corrected chi connectivity index (χ3v) is 3.91. The van der Waals surface area contributed by atoms with Crippen LogP contribution in [0.15, 0.2) is 42.5 Å². The molecule has 5 heteroatoms. The molecular formula is C21H25NO4. The Kier molecular flexibility index (Phi) is 6.78. The topological polar surface area (TPSA) is 64.6 Å². The number of carbonyl (C=O) groups excluding carboxylic acids is 2. The maximum Gasteiger partial charge on any atom is 0.338 e. The first-order valence-electron chi connectivity index (χ1n) is 8.71. The van der Waals surface area contributed by atoms with Gasteiger partial charge in [-0.3, -0.25) is 4.79 Å². The minimum absolute atomic E-state index is 0.0832. The monoisotopic (exact) mass is 355 g/mol. The van der Waals surface area contributed by atoms with E-state index in [2.05, 4.69) is 19.2 Å². The Labute approximate surface area is 154 Å². The number of amides is 1. The molecule has 0 radical (unpaired) electrons. The average molecular weight is 355 g/mol. The van der Waals surface area contributed by atoms with Crippen LogP contribution in [-0.2, 0) is 9.53 Å². The summed E-state index contributed by atoms with van der Waals surface area (Å²) in [6.07, 6.45) is 0. The number of nitrogens with one attached hydrogen (secondary N) is 1. The smallest absolute Gasteiger partial charge is 0.338 e. The lowest BCUT2D eigenvalue weighted by Gasteiger charge is -2.12. The SMILES string of the molecule is CCOC(=O)c1ccc(NC(=O)COc2ccc(C(C)C)c(C)c2)cc1. The summed E-state index contributed by atoms with van der Waals surface area (Å²) in [5, 5.41) is 2.74. The summed E-state index contributed by atoms with van der Waals surface area (Å²) < 4.78 is 10.5. The zero-order valence-corrected chi connectivity index (χ0v) is 15.7. The van der Waals surface area contributed by atoms with E-state index >= 15 is 0 Å². The number of hydrogen-bond donors (Lipinski definition) is 1. The van der Waals surface area contributed by atoms with Gasteiger partial charge in [0.15, 0.2) is 6.61 Å². The van der Waals surface area contributed by atoms with E-state index in [0.29, 0.717) is 29.5 Å². The molecule has 2 rings (SSSR count). The van der Waals surface area contributed by atoms with Gasteiger partial charge in [0.25, 0.3) is 5.91 Å². The molecule has 5 nitrogen and oxygen atoms in total. The Bertz CT molecular complexity index is 766. The molecular weight excluding hydrogens is 330 g/mol. The summed E-state index contributed by atoms with van der Waals surface area (Å²) in [6.45, 7) is 8.32. The molecule has 0 unspecified atom stereocenters. The largest absolute Gasteiger partial charge is 0.484 e. The molecule has 0 heterocycles. The van der Waals surface area contributed by atoms with Gasteiger partial charge in [0.05, 0.1) is 12.2 Å². The van der Waals surface area contributed by atoms with E-state index in [1.54, 1.807) is 31.2 Å². The predicted molar refractivity (Wildman–Crippen MR) is 102 cm³/mol. The number of esters is 1. The normalized spacial score (nSPS) is 10.5. The summed E-state index contributed by atoms with van der Waals surface area (Å²) in [5.41, 5.74) is 3.45. The third kappa shape index (κ3) is 5.34. The summed E-state index contributed by atoms with van der Waals surface area (Å²) in [6, 6.07) is 12.4. The highest BCUT2D eigenvalue weighted by molar-refractivity contribution is 5.93. The van der Waals surface area contributed by atoms with Crippen molar-refractivity contribution >= 4 is 17.6 Å². The second kappa shape index (κ2) is 9.04. The Morgan fingerprint density at radius 1 is 1.08 bits per heavy atom. The number of hydrogen-bond acceptors (Lipinski definition) is 4. The maximum absolute atomic E-state index is 12.0.